The third-order valence-electron chi connectivity index (χ3n) is 3.21. The first-order chi connectivity index (χ1) is 7.95. The van der Waals surface area contributed by atoms with Crippen molar-refractivity contribution in [2.24, 2.45) is 5.92 Å². The Labute approximate surface area is 102 Å². The van der Waals surface area contributed by atoms with Crippen LogP contribution < -0.4 is 10.6 Å². The minimum absolute atomic E-state index is 0.964. The van der Waals surface area contributed by atoms with E-state index in [1.165, 1.54) is 43.6 Å². The minimum Gasteiger partial charge on any atom is -0.317 e. The first-order valence-electron chi connectivity index (χ1n) is 6.24. The Bertz CT molecular complexity index is 268. The summed E-state index contributed by atoms with van der Waals surface area (Å²) in [6, 6.07) is 0. The summed E-state index contributed by atoms with van der Waals surface area (Å²) >= 11 is 1.73. The van der Waals surface area contributed by atoms with Crippen molar-refractivity contribution < 1.29 is 0 Å². The molecule has 1 fully saturated rings. The molecule has 0 spiro atoms. The maximum atomic E-state index is 4.07. The molecule has 0 aromatic carbocycles. The molecule has 1 saturated heterocycles. The van der Waals surface area contributed by atoms with Crippen LogP contribution in [0, 0.1) is 5.92 Å². The number of aromatic nitrogens is 1. The highest BCUT2D eigenvalue weighted by molar-refractivity contribution is 7.09. The zero-order valence-electron chi connectivity index (χ0n) is 9.74. The van der Waals surface area contributed by atoms with Gasteiger partial charge in [0.15, 0.2) is 0 Å². The number of rotatable bonds is 6. The molecule has 2 N–H and O–H groups in total. The van der Waals surface area contributed by atoms with Gasteiger partial charge in [-0.25, -0.2) is 0 Å². The van der Waals surface area contributed by atoms with Crippen molar-refractivity contribution >= 4 is 11.3 Å². The largest absolute Gasteiger partial charge is 0.317 e. The van der Waals surface area contributed by atoms with Gasteiger partial charge in [0.05, 0.1) is 5.51 Å². The van der Waals surface area contributed by atoms with Gasteiger partial charge < -0.3 is 10.6 Å². The Balaban J connectivity index is 1.48. The highest BCUT2D eigenvalue weighted by Gasteiger charge is 2.11. The second-order valence-corrected chi connectivity index (χ2v) is 5.45. The number of piperidine rings is 1. The lowest BCUT2D eigenvalue weighted by Gasteiger charge is -2.22. The van der Waals surface area contributed by atoms with Crippen LogP contribution in [0.5, 0.6) is 0 Å². The number of hydrogen-bond acceptors (Lipinski definition) is 4. The Kier molecular flexibility index (Phi) is 5.25. The molecule has 1 aliphatic heterocycles. The van der Waals surface area contributed by atoms with Gasteiger partial charge in [-0.15, -0.1) is 11.3 Å². The van der Waals surface area contributed by atoms with Gasteiger partial charge in [-0.05, 0) is 51.2 Å². The summed E-state index contributed by atoms with van der Waals surface area (Å²) in [5, 5.41) is 6.90. The molecule has 0 saturated carbocycles. The quantitative estimate of drug-likeness (QED) is 0.746. The minimum atomic E-state index is 0.964. The monoisotopic (exact) mass is 239 g/mol. The molecule has 0 amide bonds. The summed E-state index contributed by atoms with van der Waals surface area (Å²) in [6.45, 7) is 4.57. The lowest BCUT2D eigenvalue weighted by molar-refractivity contribution is 0.344. The van der Waals surface area contributed by atoms with Gasteiger partial charge in [-0.1, -0.05) is 0 Å². The molecule has 0 unspecified atom stereocenters. The molecule has 16 heavy (non-hydrogen) atoms. The fourth-order valence-electron chi connectivity index (χ4n) is 2.23. The van der Waals surface area contributed by atoms with E-state index in [-0.39, 0.29) is 0 Å². The average Bonchev–Trinajstić information content (AvgIpc) is 2.83. The predicted molar refractivity (Wildman–Crippen MR) is 68.6 cm³/mol. The molecule has 4 heteroatoms. The van der Waals surface area contributed by atoms with E-state index in [2.05, 4.69) is 15.6 Å². The van der Waals surface area contributed by atoms with E-state index in [0.717, 1.165) is 19.0 Å². The molecule has 0 aliphatic carbocycles. The summed E-state index contributed by atoms with van der Waals surface area (Å²) in [4.78, 5) is 5.40. The smallest absolute Gasteiger partial charge is 0.0794 e. The van der Waals surface area contributed by atoms with Crippen LogP contribution in [-0.4, -0.2) is 24.6 Å². The van der Waals surface area contributed by atoms with E-state index < -0.39 is 0 Å². The second-order valence-electron chi connectivity index (χ2n) is 4.48. The van der Waals surface area contributed by atoms with Crippen molar-refractivity contribution in [3.05, 3.63) is 16.6 Å². The van der Waals surface area contributed by atoms with Gasteiger partial charge in [-0.3, -0.25) is 4.98 Å². The highest BCUT2D eigenvalue weighted by atomic mass is 32.1. The highest BCUT2D eigenvalue weighted by Crippen LogP contribution is 2.17. The summed E-state index contributed by atoms with van der Waals surface area (Å²) in [5.74, 6) is 0.964. The first-order valence-corrected chi connectivity index (χ1v) is 7.12. The predicted octanol–water partition coefficient (Wildman–Crippen LogP) is 2.01. The van der Waals surface area contributed by atoms with E-state index >= 15 is 0 Å². The van der Waals surface area contributed by atoms with Crippen LogP contribution in [0.3, 0.4) is 0 Å². The van der Waals surface area contributed by atoms with Gasteiger partial charge in [0.25, 0.3) is 0 Å². The van der Waals surface area contributed by atoms with E-state index in [9.17, 15) is 0 Å². The van der Waals surface area contributed by atoms with Crippen molar-refractivity contribution in [3.8, 4) is 0 Å². The molecule has 0 atom stereocenters. The Morgan fingerprint density at radius 1 is 1.44 bits per heavy atom. The molecule has 1 aromatic heterocycles. The number of nitrogens with zero attached hydrogens (tertiary/aromatic N) is 1. The summed E-state index contributed by atoms with van der Waals surface area (Å²) in [5.41, 5.74) is 1.89. The number of hydrogen-bond donors (Lipinski definition) is 2. The van der Waals surface area contributed by atoms with Crippen molar-refractivity contribution in [1.29, 1.82) is 0 Å². The number of nitrogens with one attached hydrogen (secondary N) is 2. The van der Waals surface area contributed by atoms with Gasteiger partial charge in [0.1, 0.15) is 0 Å². The third kappa shape index (κ3) is 4.20. The van der Waals surface area contributed by atoms with Crippen molar-refractivity contribution in [2.45, 2.75) is 32.2 Å². The molecule has 2 rings (SSSR count). The number of thiazole rings is 1. The molecule has 1 aliphatic rings. The van der Waals surface area contributed by atoms with Crippen molar-refractivity contribution in [2.75, 3.05) is 19.6 Å². The van der Waals surface area contributed by atoms with Crippen molar-refractivity contribution in [1.82, 2.24) is 15.6 Å². The van der Waals surface area contributed by atoms with Crippen LogP contribution >= 0.6 is 11.3 Å². The zero-order chi connectivity index (χ0) is 11.1. The van der Waals surface area contributed by atoms with Crippen LogP contribution in [0.15, 0.2) is 11.7 Å². The van der Waals surface area contributed by atoms with Crippen LogP contribution in [0.25, 0.3) is 0 Å². The van der Waals surface area contributed by atoms with Crippen LogP contribution in [0.4, 0.5) is 0 Å². The molecule has 2 heterocycles. The van der Waals surface area contributed by atoms with Crippen LogP contribution in [0.2, 0.25) is 0 Å². The van der Waals surface area contributed by atoms with E-state index in [4.69, 9.17) is 0 Å². The van der Waals surface area contributed by atoms with Gasteiger partial charge in [-0.2, -0.15) is 0 Å². The normalized spacial score (nSPS) is 17.8. The molecule has 90 valence electrons. The SMILES string of the molecule is c1ncc(CNCCCC2CCNCC2)s1. The van der Waals surface area contributed by atoms with E-state index in [1.807, 2.05) is 11.7 Å². The molecule has 0 bridgehead atoms. The fourth-order valence-corrected chi connectivity index (χ4v) is 2.79. The standard InChI is InChI=1S/C12H21N3S/c1(2-11-3-6-13-7-4-11)5-14-8-12-9-15-10-16-12/h9-11,13-14H,1-8H2. The second kappa shape index (κ2) is 6.99. The van der Waals surface area contributed by atoms with Crippen LogP contribution in [-0.2, 0) is 6.54 Å². The van der Waals surface area contributed by atoms with E-state index in [1.54, 1.807) is 11.3 Å². The Morgan fingerprint density at radius 3 is 3.06 bits per heavy atom. The lowest BCUT2D eigenvalue weighted by atomic mass is 9.93. The maximum Gasteiger partial charge on any atom is 0.0794 e. The molecule has 0 radical (unpaired) electrons. The zero-order valence-corrected chi connectivity index (χ0v) is 10.6. The van der Waals surface area contributed by atoms with E-state index in [0.29, 0.717) is 0 Å². The maximum absolute atomic E-state index is 4.07. The lowest BCUT2D eigenvalue weighted by Crippen LogP contribution is -2.28. The summed E-state index contributed by atoms with van der Waals surface area (Å²) in [7, 11) is 0. The Morgan fingerprint density at radius 2 is 2.31 bits per heavy atom. The molecule has 1 aromatic rings. The summed E-state index contributed by atoms with van der Waals surface area (Å²) in [6.07, 6.45) is 7.38. The molecule has 3 nitrogen and oxygen atoms in total. The summed E-state index contributed by atoms with van der Waals surface area (Å²) < 4.78 is 0. The van der Waals surface area contributed by atoms with Gasteiger partial charge >= 0.3 is 0 Å². The topological polar surface area (TPSA) is 37.0 Å². The van der Waals surface area contributed by atoms with Crippen molar-refractivity contribution in [3.63, 3.8) is 0 Å². The third-order valence-corrected chi connectivity index (χ3v) is 3.99. The molecular formula is C12H21N3S. The van der Waals surface area contributed by atoms with Crippen LogP contribution in [0.1, 0.15) is 30.6 Å². The Hall–Kier alpha value is -0.450. The van der Waals surface area contributed by atoms with Gasteiger partial charge in [0.2, 0.25) is 0 Å². The average molecular weight is 239 g/mol. The first kappa shape index (κ1) is 12.0. The molecular weight excluding hydrogens is 218 g/mol. The van der Waals surface area contributed by atoms with Gasteiger partial charge in [0, 0.05) is 17.6 Å². The fraction of sp³-hybridized carbons (Fsp3) is 0.750.